The van der Waals surface area contributed by atoms with Crippen LogP contribution < -0.4 is 15.4 Å². The molecule has 0 aromatic heterocycles. The lowest BCUT2D eigenvalue weighted by Gasteiger charge is -2.21. The second-order valence-electron chi connectivity index (χ2n) is 5.47. The number of nitrogens with one attached hydrogen (secondary N) is 3. The SMILES string of the molecule is CCNC(=O)CNC(=O)C(NS(=O)(=O)c1ccc(Cl)cc1)C(C)C. The third kappa shape index (κ3) is 6.10. The lowest BCUT2D eigenvalue weighted by Crippen LogP contribution is -2.51. The van der Waals surface area contributed by atoms with Gasteiger partial charge >= 0.3 is 0 Å². The molecule has 0 heterocycles. The Kier molecular flexibility index (Phi) is 7.65. The summed E-state index contributed by atoms with van der Waals surface area (Å²) in [5, 5.41) is 5.39. The van der Waals surface area contributed by atoms with Gasteiger partial charge in [-0.05, 0) is 37.1 Å². The molecule has 3 N–H and O–H groups in total. The minimum atomic E-state index is -3.89. The quantitative estimate of drug-likeness (QED) is 0.627. The van der Waals surface area contributed by atoms with Crippen LogP contribution in [0.3, 0.4) is 0 Å². The lowest BCUT2D eigenvalue weighted by atomic mass is 10.1. The van der Waals surface area contributed by atoms with Crippen LogP contribution in [0.2, 0.25) is 5.02 Å². The molecule has 0 spiro atoms. The van der Waals surface area contributed by atoms with E-state index < -0.39 is 22.0 Å². The predicted octanol–water partition coefficient (Wildman–Crippen LogP) is 0.895. The first-order valence-electron chi connectivity index (χ1n) is 7.49. The summed E-state index contributed by atoms with van der Waals surface area (Å²) in [7, 11) is -3.89. The van der Waals surface area contributed by atoms with E-state index in [1.165, 1.54) is 24.3 Å². The minimum Gasteiger partial charge on any atom is -0.355 e. The molecule has 0 aliphatic carbocycles. The van der Waals surface area contributed by atoms with Gasteiger partial charge in [0, 0.05) is 11.6 Å². The number of sulfonamides is 1. The highest BCUT2D eigenvalue weighted by molar-refractivity contribution is 7.89. The summed E-state index contributed by atoms with van der Waals surface area (Å²) in [4.78, 5) is 23.6. The van der Waals surface area contributed by atoms with E-state index in [9.17, 15) is 18.0 Å². The molecule has 0 saturated heterocycles. The lowest BCUT2D eigenvalue weighted by molar-refractivity contribution is -0.127. The molecule has 0 aliphatic rings. The molecule has 2 amide bonds. The minimum absolute atomic E-state index is 0.00840. The first kappa shape index (κ1) is 20.4. The second kappa shape index (κ2) is 9.00. The highest BCUT2D eigenvalue weighted by atomic mass is 35.5. The van der Waals surface area contributed by atoms with Gasteiger partial charge in [-0.2, -0.15) is 4.72 Å². The van der Waals surface area contributed by atoms with Crippen LogP contribution in [0.15, 0.2) is 29.2 Å². The molecular weight excluding hydrogens is 354 g/mol. The van der Waals surface area contributed by atoms with Crippen molar-refractivity contribution in [3.63, 3.8) is 0 Å². The highest BCUT2D eigenvalue weighted by Gasteiger charge is 2.28. The van der Waals surface area contributed by atoms with Crippen molar-refractivity contribution in [3.8, 4) is 0 Å². The number of halogens is 1. The maximum absolute atomic E-state index is 12.4. The average molecular weight is 376 g/mol. The maximum Gasteiger partial charge on any atom is 0.241 e. The standard InChI is InChI=1S/C15H22ClN3O4S/c1-4-17-13(20)9-18-15(21)14(10(2)3)19-24(22,23)12-7-5-11(16)6-8-12/h5-8,10,14,19H,4,9H2,1-3H3,(H,17,20)(H,18,21). The van der Waals surface area contributed by atoms with Crippen molar-refractivity contribution in [3.05, 3.63) is 29.3 Å². The smallest absolute Gasteiger partial charge is 0.241 e. The number of likely N-dealkylation sites (N-methyl/N-ethyl adjacent to an activating group) is 1. The Bertz CT molecular complexity index is 674. The molecule has 1 unspecified atom stereocenters. The average Bonchev–Trinajstić information content (AvgIpc) is 2.51. The summed E-state index contributed by atoms with van der Waals surface area (Å²) < 4.78 is 27.1. The van der Waals surface area contributed by atoms with Crippen molar-refractivity contribution in [1.82, 2.24) is 15.4 Å². The van der Waals surface area contributed by atoms with E-state index in [4.69, 9.17) is 11.6 Å². The molecule has 0 bridgehead atoms. The molecule has 1 aromatic carbocycles. The van der Waals surface area contributed by atoms with E-state index in [1.54, 1.807) is 20.8 Å². The third-order valence-electron chi connectivity index (χ3n) is 3.15. The molecule has 0 aliphatic heterocycles. The fourth-order valence-electron chi connectivity index (χ4n) is 1.88. The van der Waals surface area contributed by atoms with Gasteiger partial charge in [-0.15, -0.1) is 0 Å². The second-order valence-corrected chi connectivity index (χ2v) is 7.62. The molecule has 1 atom stereocenters. The van der Waals surface area contributed by atoms with E-state index in [1.807, 2.05) is 0 Å². The van der Waals surface area contributed by atoms with Crippen molar-refractivity contribution in [1.29, 1.82) is 0 Å². The van der Waals surface area contributed by atoms with Gasteiger partial charge in [0.15, 0.2) is 0 Å². The Morgan fingerprint density at radius 3 is 2.21 bits per heavy atom. The first-order chi connectivity index (χ1) is 11.2. The van der Waals surface area contributed by atoms with Gasteiger partial charge in [-0.25, -0.2) is 8.42 Å². The molecule has 134 valence electrons. The number of hydrogen-bond acceptors (Lipinski definition) is 4. The predicted molar refractivity (Wildman–Crippen MR) is 92.1 cm³/mol. The highest BCUT2D eigenvalue weighted by Crippen LogP contribution is 2.15. The van der Waals surface area contributed by atoms with Crippen LogP contribution >= 0.6 is 11.6 Å². The Labute approximate surface area is 147 Å². The van der Waals surface area contributed by atoms with Crippen LogP contribution in [0.1, 0.15) is 20.8 Å². The van der Waals surface area contributed by atoms with E-state index in [0.29, 0.717) is 11.6 Å². The normalized spacial score (nSPS) is 12.7. The third-order valence-corrected chi connectivity index (χ3v) is 4.86. The van der Waals surface area contributed by atoms with Crippen molar-refractivity contribution in [2.75, 3.05) is 13.1 Å². The molecule has 0 radical (unpaired) electrons. The summed E-state index contributed by atoms with van der Waals surface area (Å²) >= 11 is 5.75. The Morgan fingerprint density at radius 1 is 1.12 bits per heavy atom. The van der Waals surface area contributed by atoms with Crippen molar-refractivity contribution >= 4 is 33.4 Å². The fourth-order valence-corrected chi connectivity index (χ4v) is 3.35. The summed E-state index contributed by atoms with van der Waals surface area (Å²) in [6, 6.07) is 4.62. The summed E-state index contributed by atoms with van der Waals surface area (Å²) in [5.74, 6) is -1.20. The van der Waals surface area contributed by atoms with Crippen LogP contribution in [0.5, 0.6) is 0 Å². The number of carbonyl (C=O) groups excluding carboxylic acids is 2. The Hall–Kier alpha value is -1.64. The van der Waals surface area contributed by atoms with E-state index in [2.05, 4.69) is 15.4 Å². The summed E-state index contributed by atoms with van der Waals surface area (Å²) in [6.07, 6.45) is 0. The molecular formula is C15H22ClN3O4S. The van der Waals surface area contributed by atoms with Gasteiger partial charge in [-0.1, -0.05) is 25.4 Å². The van der Waals surface area contributed by atoms with E-state index in [0.717, 1.165) is 0 Å². The number of benzene rings is 1. The zero-order valence-electron chi connectivity index (χ0n) is 13.8. The number of amides is 2. The van der Waals surface area contributed by atoms with Gasteiger partial charge < -0.3 is 10.6 Å². The fraction of sp³-hybridized carbons (Fsp3) is 0.467. The largest absolute Gasteiger partial charge is 0.355 e. The van der Waals surface area contributed by atoms with Gasteiger partial charge in [0.2, 0.25) is 21.8 Å². The van der Waals surface area contributed by atoms with Gasteiger partial charge in [-0.3, -0.25) is 9.59 Å². The topological polar surface area (TPSA) is 104 Å². The Morgan fingerprint density at radius 2 is 1.71 bits per heavy atom. The molecule has 1 rings (SSSR count). The van der Waals surface area contributed by atoms with Gasteiger partial charge in [0.25, 0.3) is 0 Å². The van der Waals surface area contributed by atoms with Crippen molar-refractivity contribution in [2.24, 2.45) is 5.92 Å². The monoisotopic (exact) mass is 375 g/mol. The zero-order valence-corrected chi connectivity index (χ0v) is 15.4. The zero-order chi connectivity index (χ0) is 18.3. The maximum atomic E-state index is 12.4. The Balaban J connectivity index is 2.83. The molecule has 0 fully saturated rings. The summed E-state index contributed by atoms with van der Waals surface area (Å²) in [5.41, 5.74) is 0. The molecule has 1 aromatic rings. The van der Waals surface area contributed by atoms with Crippen LogP contribution in [0, 0.1) is 5.92 Å². The van der Waals surface area contributed by atoms with E-state index >= 15 is 0 Å². The number of hydrogen-bond donors (Lipinski definition) is 3. The van der Waals surface area contributed by atoms with Crippen molar-refractivity contribution in [2.45, 2.75) is 31.7 Å². The van der Waals surface area contributed by atoms with Crippen LogP contribution in [-0.2, 0) is 19.6 Å². The molecule has 0 saturated carbocycles. The van der Waals surface area contributed by atoms with Crippen LogP contribution in [-0.4, -0.2) is 39.4 Å². The van der Waals surface area contributed by atoms with Gasteiger partial charge in [0.05, 0.1) is 11.4 Å². The van der Waals surface area contributed by atoms with Gasteiger partial charge in [0.1, 0.15) is 6.04 Å². The van der Waals surface area contributed by atoms with E-state index in [-0.39, 0.29) is 23.3 Å². The molecule has 24 heavy (non-hydrogen) atoms. The van der Waals surface area contributed by atoms with Crippen molar-refractivity contribution < 1.29 is 18.0 Å². The molecule has 7 nitrogen and oxygen atoms in total. The first-order valence-corrected chi connectivity index (χ1v) is 9.35. The van der Waals surface area contributed by atoms with Crippen LogP contribution in [0.4, 0.5) is 0 Å². The number of rotatable bonds is 8. The summed E-state index contributed by atoms with van der Waals surface area (Å²) in [6.45, 7) is 5.42. The van der Waals surface area contributed by atoms with Crippen LogP contribution in [0.25, 0.3) is 0 Å². The number of carbonyl (C=O) groups is 2. The molecule has 9 heteroatoms.